The minimum Gasteiger partial charge on any atom is -0.497 e. The summed E-state index contributed by atoms with van der Waals surface area (Å²) in [4.78, 5) is 18.4. The molecule has 0 saturated heterocycles. The fourth-order valence-corrected chi connectivity index (χ4v) is 3.50. The number of benzene rings is 2. The largest absolute Gasteiger partial charge is 0.497 e. The first-order chi connectivity index (χ1) is 16.2. The molecular weight excluding hydrogens is 453 g/mol. The lowest BCUT2D eigenvalue weighted by atomic mass is 9.94. The molecule has 3 heterocycles. The third kappa shape index (κ3) is 5.08. The number of nitrogens with one attached hydrogen (secondary N) is 1. The Bertz CT molecular complexity index is 1310. The van der Waals surface area contributed by atoms with Gasteiger partial charge in [-0.3, -0.25) is 10.1 Å². The van der Waals surface area contributed by atoms with E-state index in [1.165, 1.54) is 0 Å². The van der Waals surface area contributed by atoms with Gasteiger partial charge in [-0.25, -0.2) is 9.78 Å². The van der Waals surface area contributed by atoms with Crippen molar-refractivity contribution in [1.29, 1.82) is 0 Å². The molecule has 0 saturated carbocycles. The van der Waals surface area contributed by atoms with Gasteiger partial charge in [-0.05, 0) is 47.9 Å². The summed E-state index contributed by atoms with van der Waals surface area (Å²) in [6.07, 6.45) is 1.31. The summed E-state index contributed by atoms with van der Waals surface area (Å²) < 4.78 is 43.0. The fraction of sp³-hybridized carbons (Fsp3) is 0.217. The first-order valence-electron chi connectivity index (χ1n) is 10.1. The van der Waals surface area contributed by atoms with Crippen molar-refractivity contribution in [2.45, 2.75) is 18.5 Å². The van der Waals surface area contributed by atoms with Crippen molar-refractivity contribution in [3.05, 3.63) is 66.2 Å². The van der Waals surface area contributed by atoms with Crippen LogP contribution in [0.4, 0.5) is 13.2 Å². The molecular formula is C23H19F3N4O4. The van der Waals surface area contributed by atoms with Crippen molar-refractivity contribution in [1.82, 2.24) is 20.2 Å². The van der Waals surface area contributed by atoms with E-state index in [9.17, 15) is 13.2 Å². The average molecular weight is 472 g/mol. The number of aliphatic carboxylic acids is 1. The van der Waals surface area contributed by atoms with Gasteiger partial charge in [0.2, 0.25) is 0 Å². The van der Waals surface area contributed by atoms with E-state index in [1.807, 2.05) is 42.7 Å². The monoisotopic (exact) mass is 472 g/mol. The van der Waals surface area contributed by atoms with Crippen LogP contribution in [0, 0.1) is 0 Å². The number of halogens is 3. The highest BCUT2D eigenvalue weighted by Crippen LogP contribution is 2.34. The van der Waals surface area contributed by atoms with Crippen LogP contribution in [0.25, 0.3) is 22.2 Å². The summed E-state index contributed by atoms with van der Waals surface area (Å²) >= 11 is 0. The Morgan fingerprint density at radius 1 is 1.15 bits per heavy atom. The van der Waals surface area contributed by atoms with Gasteiger partial charge in [0.1, 0.15) is 11.5 Å². The summed E-state index contributed by atoms with van der Waals surface area (Å²) in [7, 11) is 1.68. The van der Waals surface area contributed by atoms with Gasteiger partial charge in [0, 0.05) is 23.9 Å². The maximum atomic E-state index is 10.6. The lowest BCUT2D eigenvalue weighted by Gasteiger charge is -2.25. The van der Waals surface area contributed by atoms with Crippen LogP contribution in [0.2, 0.25) is 0 Å². The number of fused-ring (bicyclic) bond motifs is 2. The third-order valence-electron chi connectivity index (χ3n) is 5.23. The molecule has 8 nitrogen and oxygen atoms in total. The molecule has 0 amide bonds. The summed E-state index contributed by atoms with van der Waals surface area (Å²) in [5, 5.41) is 14.0. The number of methoxy groups -OCH3 is 1. The normalized spacial score (nSPS) is 15.0. The molecule has 1 aliphatic rings. The molecule has 176 valence electrons. The number of nitrogens with zero attached hydrogens (tertiary/aromatic N) is 3. The van der Waals surface area contributed by atoms with E-state index >= 15 is 0 Å². The van der Waals surface area contributed by atoms with Crippen molar-refractivity contribution < 1.29 is 32.5 Å². The van der Waals surface area contributed by atoms with Gasteiger partial charge < -0.3 is 14.6 Å². The quantitative estimate of drug-likeness (QED) is 0.455. The number of carbonyl (C=O) groups is 1. The number of aromatic nitrogens is 4. The number of H-pyrrole nitrogens is 1. The lowest BCUT2D eigenvalue weighted by molar-refractivity contribution is -0.192. The van der Waals surface area contributed by atoms with Crippen LogP contribution >= 0.6 is 0 Å². The van der Waals surface area contributed by atoms with Crippen LogP contribution in [0.5, 0.6) is 11.5 Å². The van der Waals surface area contributed by atoms with E-state index in [0.29, 0.717) is 6.61 Å². The summed E-state index contributed by atoms with van der Waals surface area (Å²) in [5.74, 6) is -0.832. The number of hydrogen-bond acceptors (Lipinski definition) is 6. The van der Waals surface area contributed by atoms with Crippen molar-refractivity contribution in [2.75, 3.05) is 13.7 Å². The highest BCUT2D eigenvalue weighted by atomic mass is 19.4. The molecule has 0 spiro atoms. The molecule has 2 aromatic carbocycles. The zero-order valence-electron chi connectivity index (χ0n) is 17.8. The van der Waals surface area contributed by atoms with Gasteiger partial charge in [-0.15, -0.1) is 0 Å². The van der Waals surface area contributed by atoms with E-state index in [1.54, 1.807) is 13.3 Å². The van der Waals surface area contributed by atoms with Gasteiger partial charge in [0.05, 0.1) is 36.6 Å². The molecule has 2 aromatic heterocycles. The zero-order chi connectivity index (χ0) is 24.3. The molecule has 34 heavy (non-hydrogen) atoms. The zero-order valence-corrected chi connectivity index (χ0v) is 17.8. The van der Waals surface area contributed by atoms with Gasteiger partial charge in [0.15, 0.2) is 0 Å². The van der Waals surface area contributed by atoms with E-state index in [4.69, 9.17) is 24.4 Å². The predicted octanol–water partition coefficient (Wildman–Crippen LogP) is 4.38. The number of alkyl halides is 3. The van der Waals surface area contributed by atoms with Crippen LogP contribution < -0.4 is 9.47 Å². The van der Waals surface area contributed by atoms with Gasteiger partial charge >= 0.3 is 12.1 Å². The standard InChI is InChI=1S/C21H18N4O2.C2HF3O2/c1-26-17-3-5-21-14(7-17)6-15(12-27-21)20-11-22-18-4-2-13(8-19(18)25-20)16-9-23-24-10-16;3-2(4,5)1(6)7/h2-5,7-11,15H,6,12H2,1H3,(H,23,24);(H,6,7). The summed E-state index contributed by atoms with van der Waals surface area (Å²) in [6, 6.07) is 12.0. The molecule has 0 bridgehead atoms. The molecule has 4 aromatic rings. The van der Waals surface area contributed by atoms with E-state index in [0.717, 1.165) is 51.3 Å². The van der Waals surface area contributed by atoms with Crippen molar-refractivity contribution in [2.24, 2.45) is 0 Å². The molecule has 11 heteroatoms. The lowest BCUT2D eigenvalue weighted by Crippen LogP contribution is -2.21. The maximum absolute atomic E-state index is 10.6. The molecule has 1 aliphatic heterocycles. The predicted molar refractivity (Wildman–Crippen MR) is 116 cm³/mol. The summed E-state index contributed by atoms with van der Waals surface area (Å²) in [5.41, 5.74) is 5.94. The fourth-order valence-electron chi connectivity index (χ4n) is 3.50. The molecule has 0 radical (unpaired) electrons. The number of ether oxygens (including phenoxy) is 2. The highest BCUT2D eigenvalue weighted by molar-refractivity contribution is 5.81. The second kappa shape index (κ2) is 9.38. The number of aromatic amines is 1. The highest BCUT2D eigenvalue weighted by Gasteiger charge is 2.38. The molecule has 5 rings (SSSR count). The Labute approximate surface area is 191 Å². The van der Waals surface area contributed by atoms with E-state index < -0.39 is 12.1 Å². The van der Waals surface area contributed by atoms with Gasteiger partial charge in [-0.1, -0.05) is 6.07 Å². The van der Waals surface area contributed by atoms with Crippen molar-refractivity contribution in [3.8, 4) is 22.6 Å². The third-order valence-corrected chi connectivity index (χ3v) is 5.23. The smallest absolute Gasteiger partial charge is 0.490 e. The van der Waals surface area contributed by atoms with Crippen LogP contribution in [0.3, 0.4) is 0 Å². The number of hydrogen-bond donors (Lipinski definition) is 2. The van der Waals surface area contributed by atoms with E-state index in [2.05, 4.69) is 21.2 Å². The second-order valence-corrected chi connectivity index (χ2v) is 7.47. The number of carboxylic acids is 1. The summed E-state index contributed by atoms with van der Waals surface area (Å²) in [6.45, 7) is 0.598. The maximum Gasteiger partial charge on any atom is 0.490 e. The Hall–Kier alpha value is -4.15. The van der Waals surface area contributed by atoms with Crippen LogP contribution in [-0.2, 0) is 11.2 Å². The molecule has 1 unspecified atom stereocenters. The first-order valence-corrected chi connectivity index (χ1v) is 10.1. The van der Waals surface area contributed by atoms with Crippen molar-refractivity contribution >= 4 is 17.0 Å². The Kier molecular flexibility index (Phi) is 6.35. The minimum atomic E-state index is -5.08. The van der Waals surface area contributed by atoms with Crippen LogP contribution in [-0.4, -0.2) is 51.1 Å². The van der Waals surface area contributed by atoms with E-state index in [-0.39, 0.29) is 5.92 Å². The number of rotatable bonds is 3. The number of carboxylic acid groups (broad SMARTS) is 1. The Morgan fingerprint density at radius 2 is 1.94 bits per heavy atom. The first kappa shape index (κ1) is 23.0. The second-order valence-electron chi connectivity index (χ2n) is 7.47. The topological polar surface area (TPSA) is 110 Å². The SMILES string of the molecule is COc1ccc2c(c1)CC(c1cnc3ccc(-c4cn[nH]c4)cc3n1)CO2.O=C(O)C(F)(F)F. The minimum absolute atomic E-state index is 0.166. The molecule has 1 atom stereocenters. The Morgan fingerprint density at radius 3 is 2.62 bits per heavy atom. The molecule has 0 aliphatic carbocycles. The van der Waals surface area contributed by atoms with Crippen LogP contribution in [0.15, 0.2) is 55.0 Å². The van der Waals surface area contributed by atoms with Crippen molar-refractivity contribution in [3.63, 3.8) is 0 Å². The average Bonchev–Trinajstić information content (AvgIpc) is 3.37. The molecule has 0 fully saturated rings. The van der Waals surface area contributed by atoms with Gasteiger partial charge in [0.25, 0.3) is 0 Å². The van der Waals surface area contributed by atoms with Gasteiger partial charge in [-0.2, -0.15) is 18.3 Å². The molecule has 2 N–H and O–H groups in total. The van der Waals surface area contributed by atoms with Crippen LogP contribution in [0.1, 0.15) is 17.2 Å². The Balaban J connectivity index is 0.000000344.